The van der Waals surface area contributed by atoms with Gasteiger partial charge in [-0.3, -0.25) is 0 Å². The van der Waals surface area contributed by atoms with Crippen LogP contribution in [-0.2, 0) is 16.6 Å². The van der Waals surface area contributed by atoms with Crippen molar-refractivity contribution in [3.63, 3.8) is 0 Å². The molecule has 110 valence electrons. The van der Waals surface area contributed by atoms with Gasteiger partial charge in [-0.25, -0.2) is 13.1 Å². The molecule has 0 amide bonds. The summed E-state index contributed by atoms with van der Waals surface area (Å²) in [7, 11) is 0.362. The molecule has 1 atom stereocenters. The van der Waals surface area contributed by atoms with E-state index >= 15 is 0 Å². The average molecular weight is 289 g/mol. The van der Waals surface area contributed by atoms with Gasteiger partial charge in [-0.1, -0.05) is 0 Å². The summed E-state index contributed by atoms with van der Waals surface area (Å²) in [5.74, 6) is 0.839. The van der Waals surface area contributed by atoms with E-state index in [1.54, 1.807) is 6.92 Å². The minimum absolute atomic E-state index is 0.136. The first-order chi connectivity index (χ1) is 8.76. The van der Waals surface area contributed by atoms with Gasteiger partial charge >= 0.3 is 0 Å². The number of furan rings is 1. The van der Waals surface area contributed by atoms with Crippen molar-refractivity contribution in [1.82, 2.24) is 9.62 Å². The average Bonchev–Trinajstić information content (AvgIpc) is 2.68. The van der Waals surface area contributed by atoms with Gasteiger partial charge in [0, 0.05) is 12.1 Å². The van der Waals surface area contributed by atoms with Crippen molar-refractivity contribution in [3.05, 3.63) is 17.6 Å². The number of nitrogens with zero attached hydrogens (tertiary/aromatic N) is 1. The molecule has 6 nitrogen and oxygen atoms in total. The van der Waals surface area contributed by atoms with Crippen LogP contribution < -0.4 is 10.5 Å². The van der Waals surface area contributed by atoms with Gasteiger partial charge in [0.25, 0.3) is 0 Å². The largest absolute Gasteiger partial charge is 0.464 e. The summed E-state index contributed by atoms with van der Waals surface area (Å²) in [6, 6.07) is 1.35. The highest BCUT2D eigenvalue weighted by atomic mass is 32.2. The van der Waals surface area contributed by atoms with Crippen molar-refractivity contribution < 1.29 is 12.8 Å². The molecule has 0 aliphatic heterocycles. The van der Waals surface area contributed by atoms with Crippen LogP contribution in [0.5, 0.6) is 0 Å². The highest BCUT2D eigenvalue weighted by Gasteiger charge is 2.22. The fraction of sp³-hybridized carbons (Fsp3) is 0.667. The molecular formula is C12H23N3O3S. The van der Waals surface area contributed by atoms with Crippen LogP contribution in [0.4, 0.5) is 0 Å². The number of sulfonamides is 1. The molecule has 7 heteroatoms. The molecule has 0 spiro atoms. The third-order valence-electron chi connectivity index (χ3n) is 2.78. The van der Waals surface area contributed by atoms with E-state index in [1.165, 1.54) is 6.07 Å². The highest BCUT2D eigenvalue weighted by Crippen LogP contribution is 2.20. The molecule has 1 rings (SSSR count). The third-order valence-corrected chi connectivity index (χ3v) is 4.48. The molecule has 3 N–H and O–H groups in total. The van der Waals surface area contributed by atoms with E-state index in [-0.39, 0.29) is 17.5 Å². The van der Waals surface area contributed by atoms with Gasteiger partial charge in [-0.05, 0) is 40.9 Å². The number of nitrogens with one attached hydrogen (secondary N) is 1. The fourth-order valence-electron chi connectivity index (χ4n) is 1.73. The summed E-state index contributed by atoms with van der Waals surface area (Å²) in [5.41, 5.74) is 5.44. The molecule has 19 heavy (non-hydrogen) atoms. The van der Waals surface area contributed by atoms with Crippen molar-refractivity contribution in [3.8, 4) is 0 Å². The second-order valence-corrected chi connectivity index (χ2v) is 6.63. The van der Waals surface area contributed by atoms with Gasteiger partial charge in [-0.2, -0.15) is 0 Å². The van der Waals surface area contributed by atoms with E-state index in [0.29, 0.717) is 11.5 Å². The third kappa shape index (κ3) is 4.61. The topological polar surface area (TPSA) is 88.6 Å². The van der Waals surface area contributed by atoms with Crippen LogP contribution in [0.15, 0.2) is 15.4 Å². The van der Waals surface area contributed by atoms with Crippen LogP contribution >= 0.6 is 0 Å². The van der Waals surface area contributed by atoms with E-state index < -0.39 is 10.0 Å². The normalized spacial score (nSPS) is 14.0. The van der Waals surface area contributed by atoms with Crippen molar-refractivity contribution in [1.29, 1.82) is 0 Å². The van der Waals surface area contributed by atoms with Gasteiger partial charge in [0.2, 0.25) is 10.0 Å². The van der Waals surface area contributed by atoms with Crippen LogP contribution in [0.3, 0.4) is 0 Å². The second kappa shape index (κ2) is 6.51. The Hall–Kier alpha value is -0.890. The highest BCUT2D eigenvalue weighted by molar-refractivity contribution is 7.89. The lowest BCUT2D eigenvalue weighted by Crippen LogP contribution is -2.34. The molecule has 1 unspecified atom stereocenters. The van der Waals surface area contributed by atoms with E-state index in [0.717, 1.165) is 13.0 Å². The SMILES string of the molecule is Cc1oc(CN)cc1S(=O)(=O)NC(C)CCN(C)C. The van der Waals surface area contributed by atoms with E-state index in [9.17, 15) is 8.42 Å². The minimum Gasteiger partial charge on any atom is -0.464 e. The molecule has 0 aliphatic rings. The van der Waals surface area contributed by atoms with Gasteiger partial charge in [0.1, 0.15) is 16.4 Å². The summed E-state index contributed by atoms with van der Waals surface area (Å²) in [4.78, 5) is 2.19. The van der Waals surface area contributed by atoms with Crippen molar-refractivity contribution in [2.24, 2.45) is 5.73 Å². The zero-order chi connectivity index (χ0) is 14.6. The molecule has 0 saturated heterocycles. The second-order valence-electron chi connectivity index (χ2n) is 4.95. The molecule has 0 saturated carbocycles. The van der Waals surface area contributed by atoms with Crippen LogP contribution in [0.25, 0.3) is 0 Å². The molecule has 0 aromatic carbocycles. The van der Waals surface area contributed by atoms with Gasteiger partial charge in [-0.15, -0.1) is 0 Å². The minimum atomic E-state index is -3.55. The fourth-order valence-corrected chi connectivity index (χ4v) is 3.21. The number of nitrogens with two attached hydrogens (primary N) is 1. The monoisotopic (exact) mass is 289 g/mol. The maximum absolute atomic E-state index is 12.2. The van der Waals surface area contributed by atoms with Crippen molar-refractivity contribution >= 4 is 10.0 Å². The Morgan fingerprint density at radius 1 is 1.47 bits per heavy atom. The molecule has 0 bridgehead atoms. The Balaban J connectivity index is 2.77. The molecular weight excluding hydrogens is 266 g/mol. The lowest BCUT2D eigenvalue weighted by molar-refractivity contribution is 0.379. The number of rotatable bonds is 7. The summed E-state index contributed by atoms with van der Waals surface area (Å²) in [6.07, 6.45) is 0.743. The Bertz CT molecular complexity index is 508. The Morgan fingerprint density at radius 3 is 2.58 bits per heavy atom. The van der Waals surface area contributed by atoms with Crippen LogP contribution in [0, 0.1) is 6.92 Å². The van der Waals surface area contributed by atoms with Crippen LogP contribution in [0.2, 0.25) is 0 Å². The molecule has 0 radical (unpaired) electrons. The predicted octanol–water partition coefficient (Wildman–Crippen LogP) is 0.665. The summed E-state index contributed by atoms with van der Waals surface area (Å²) >= 11 is 0. The maximum atomic E-state index is 12.2. The van der Waals surface area contributed by atoms with E-state index in [1.807, 2.05) is 25.9 Å². The van der Waals surface area contributed by atoms with Crippen molar-refractivity contribution in [2.45, 2.75) is 37.8 Å². The number of hydrogen-bond donors (Lipinski definition) is 2. The number of aryl methyl sites for hydroxylation is 1. The van der Waals surface area contributed by atoms with Crippen LogP contribution in [0.1, 0.15) is 24.9 Å². The smallest absolute Gasteiger partial charge is 0.244 e. The Kier molecular flexibility index (Phi) is 5.54. The van der Waals surface area contributed by atoms with Gasteiger partial charge < -0.3 is 15.1 Å². The molecule has 0 fully saturated rings. The lowest BCUT2D eigenvalue weighted by Gasteiger charge is -2.16. The molecule has 1 heterocycles. The molecule has 0 aliphatic carbocycles. The number of hydrogen-bond acceptors (Lipinski definition) is 5. The standard InChI is InChI=1S/C12H23N3O3S/c1-9(5-6-15(3)4)14-19(16,17)12-7-11(8-13)18-10(12)2/h7,9,14H,5-6,8,13H2,1-4H3. The summed E-state index contributed by atoms with van der Waals surface area (Å²) in [6.45, 7) is 4.48. The van der Waals surface area contributed by atoms with E-state index in [2.05, 4.69) is 4.72 Å². The van der Waals surface area contributed by atoms with Crippen molar-refractivity contribution in [2.75, 3.05) is 20.6 Å². The predicted molar refractivity (Wildman–Crippen MR) is 74.3 cm³/mol. The van der Waals surface area contributed by atoms with E-state index in [4.69, 9.17) is 10.2 Å². The molecule has 1 aromatic rings. The first-order valence-electron chi connectivity index (χ1n) is 6.22. The van der Waals surface area contributed by atoms with Gasteiger partial charge in [0.15, 0.2) is 0 Å². The zero-order valence-corrected chi connectivity index (χ0v) is 12.8. The molecule has 1 aromatic heterocycles. The lowest BCUT2D eigenvalue weighted by atomic mass is 10.2. The Labute approximate surface area is 115 Å². The van der Waals surface area contributed by atoms with Gasteiger partial charge in [0.05, 0.1) is 6.54 Å². The summed E-state index contributed by atoms with van der Waals surface area (Å²) in [5, 5.41) is 0. The Morgan fingerprint density at radius 2 is 2.11 bits per heavy atom. The summed E-state index contributed by atoms with van der Waals surface area (Å²) < 4.78 is 32.4. The van der Waals surface area contributed by atoms with Crippen LogP contribution in [-0.4, -0.2) is 40.0 Å². The first kappa shape index (κ1) is 16.2. The first-order valence-corrected chi connectivity index (χ1v) is 7.71. The quantitative estimate of drug-likeness (QED) is 0.770. The zero-order valence-electron chi connectivity index (χ0n) is 11.9. The maximum Gasteiger partial charge on any atom is 0.244 e.